The van der Waals surface area contributed by atoms with Crippen molar-refractivity contribution in [3.8, 4) is 5.75 Å². The van der Waals surface area contributed by atoms with Gasteiger partial charge in [-0.1, -0.05) is 13.0 Å². The molecule has 17 heavy (non-hydrogen) atoms. The molecule has 0 bridgehead atoms. The van der Waals surface area contributed by atoms with Gasteiger partial charge in [0.25, 0.3) is 0 Å². The number of hydrogen-bond acceptors (Lipinski definition) is 3. The molecule has 0 saturated heterocycles. The van der Waals surface area contributed by atoms with Gasteiger partial charge >= 0.3 is 0 Å². The second-order valence-corrected chi connectivity index (χ2v) is 4.73. The summed E-state index contributed by atoms with van der Waals surface area (Å²) < 4.78 is 19.1. The van der Waals surface area contributed by atoms with Crippen molar-refractivity contribution in [2.24, 2.45) is 5.73 Å². The number of rotatable bonds is 5. The third-order valence-electron chi connectivity index (χ3n) is 2.79. The van der Waals surface area contributed by atoms with Gasteiger partial charge in [0.1, 0.15) is 0 Å². The number of halogens is 1. The number of aliphatic hydroxyl groups is 1. The van der Waals surface area contributed by atoms with Gasteiger partial charge < -0.3 is 15.6 Å². The van der Waals surface area contributed by atoms with Gasteiger partial charge in [-0.2, -0.15) is 0 Å². The molecule has 0 aliphatic heterocycles. The van der Waals surface area contributed by atoms with E-state index in [1.165, 1.54) is 6.07 Å². The molecule has 0 saturated carbocycles. The highest BCUT2D eigenvalue weighted by Gasteiger charge is 2.25. The van der Waals surface area contributed by atoms with Gasteiger partial charge in [0.15, 0.2) is 11.6 Å². The molecule has 1 atom stereocenters. The predicted molar refractivity (Wildman–Crippen MR) is 65.7 cm³/mol. The van der Waals surface area contributed by atoms with Crippen LogP contribution >= 0.6 is 0 Å². The van der Waals surface area contributed by atoms with Crippen LogP contribution in [0.1, 0.15) is 26.3 Å². The smallest absolute Gasteiger partial charge is 0.165 e. The monoisotopic (exact) mass is 241 g/mol. The molecule has 1 aromatic rings. The Bertz CT molecular complexity index is 376. The fourth-order valence-electron chi connectivity index (χ4n) is 1.50. The summed E-state index contributed by atoms with van der Waals surface area (Å²) in [5, 5.41) is 9.31. The van der Waals surface area contributed by atoms with Crippen LogP contribution in [0.3, 0.4) is 0 Å². The van der Waals surface area contributed by atoms with Crippen LogP contribution in [0.4, 0.5) is 4.39 Å². The first kappa shape index (κ1) is 13.9. The quantitative estimate of drug-likeness (QED) is 0.826. The summed E-state index contributed by atoms with van der Waals surface area (Å²) in [7, 11) is 0. The van der Waals surface area contributed by atoms with Crippen molar-refractivity contribution in [1.82, 2.24) is 0 Å². The Morgan fingerprint density at radius 3 is 2.53 bits per heavy atom. The molecule has 0 aliphatic carbocycles. The van der Waals surface area contributed by atoms with Crippen molar-refractivity contribution >= 4 is 0 Å². The summed E-state index contributed by atoms with van der Waals surface area (Å²) in [6, 6.07) is 4.69. The standard InChI is InChI=1S/C13H20FNO2/c1-9(2)17-12-5-4-10(6-11(12)14)13(3,7-15)8-16/h4-6,9,16H,7-8,15H2,1-3H3. The number of aliphatic hydroxyl groups excluding tert-OH is 1. The first-order valence-electron chi connectivity index (χ1n) is 5.70. The zero-order valence-electron chi connectivity index (χ0n) is 10.5. The Labute approximate surface area is 101 Å². The molecule has 0 radical (unpaired) electrons. The van der Waals surface area contributed by atoms with E-state index in [0.717, 1.165) is 0 Å². The van der Waals surface area contributed by atoms with Crippen molar-refractivity contribution in [2.75, 3.05) is 13.2 Å². The predicted octanol–water partition coefficient (Wildman–Crippen LogP) is 1.82. The maximum Gasteiger partial charge on any atom is 0.165 e. The minimum atomic E-state index is -0.614. The van der Waals surface area contributed by atoms with E-state index in [2.05, 4.69) is 0 Å². The Balaban J connectivity index is 3.03. The zero-order valence-corrected chi connectivity index (χ0v) is 10.5. The van der Waals surface area contributed by atoms with E-state index in [9.17, 15) is 9.50 Å². The molecule has 0 aliphatic rings. The molecular formula is C13H20FNO2. The van der Waals surface area contributed by atoms with E-state index in [1.54, 1.807) is 19.1 Å². The highest BCUT2D eigenvalue weighted by atomic mass is 19.1. The number of nitrogens with two attached hydrogens (primary N) is 1. The maximum atomic E-state index is 13.8. The molecule has 3 nitrogen and oxygen atoms in total. The summed E-state index contributed by atoms with van der Waals surface area (Å²) in [6.07, 6.45) is -0.0749. The van der Waals surface area contributed by atoms with Gasteiger partial charge in [-0.05, 0) is 31.5 Å². The first-order chi connectivity index (χ1) is 7.92. The van der Waals surface area contributed by atoms with E-state index in [4.69, 9.17) is 10.5 Å². The minimum Gasteiger partial charge on any atom is -0.488 e. The number of hydrogen-bond donors (Lipinski definition) is 2. The average molecular weight is 241 g/mol. The Morgan fingerprint density at radius 2 is 2.12 bits per heavy atom. The second kappa shape index (κ2) is 5.47. The molecule has 0 fully saturated rings. The van der Waals surface area contributed by atoms with Gasteiger partial charge in [0, 0.05) is 12.0 Å². The van der Waals surface area contributed by atoms with Crippen molar-refractivity contribution in [3.05, 3.63) is 29.6 Å². The minimum absolute atomic E-state index is 0.0749. The highest BCUT2D eigenvalue weighted by Crippen LogP contribution is 2.27. The average Bonchev–Trinajstić information content (AvgIpc) is 2.30. The van der Waals surface area contributed by atoms with Crippen LogP contribution in [0.2, 0.25) is 0 Å². The highest BCUT2D eigenvalue weighted by molar-refractivity contribution is 5.34. The van der Waals surface area contributed by atoms with Crippen molar-refractivity contribution in [3.63, 3.8) is 0 Å². The second-order valence-electron chi connectivity index (χ2n) is 4.73. The number of benzene rings is 1. The van der Waals surface area contributed by atoms with Crippen LogP contribution in [0, 0.1) is 5.82 Å². The van der Waals surface area contributed by atoms with Crippen LogP contribution in [0.5, 0.6) is 5.75 Å². The van der Waals surface area contributed by atoms with E-state index in [-0.39, 0.29) is 25.0 Å². The summed E-state index contributed by atoms with van der Waals surface area (Å²) in [6.45, 7) is 5.61. The first-order valence-corrected chi connectivity index (χ1v) is 5.70. The van der Waals surface area contributed by atoms with Gasteiger partial charge in [0.05, 0.1) is 12.7 Å². The summed E-state index contributed by atoms with van der Waals surface area (Å²) in [5.41, 5.74) is 5.67. The molecule has 4 heteroatoms. The third kappa shape index (κ3) is 3.17. The van der Waals surface area contributed by atoms with Crippen LogP contribution in [0.15, 0.2) is 18.2 Å². The topological polar surface area (TPSA) is 55.5 Å². The van der Waals surface area contributed by atoms with E-state index < -0.39 is 11.2 Å². The van der Waals surface area contributed by atoms with E-state index in [0.29, 0.717) is 5.56 Å². The lowest BCUT2D eigenvalue weighted by atomic mass is 9.83. The molecule has 0 amide bonds. The van der Waals surface area contributed by atoms with Crippen LogP contribution in [0.25, 0.3) is 0 Å². The fourth-order valence-corrected chi connectivity index (χ4v) is 1.50. The van der Waals surface area contributed by atoms with E-state index in [1.807, 2.05) is 13.8 Å². The van der Waals surface area contributed by atoms with Crippen LogP contribution in [-0.4, -0.2) is 24.4 Å². The molecule has 0 aromatic heterocycles. The summed E-state index contributed by atoms with van der Waals surface area (Å²) in [5.74, 6) is -0.203. The van der Waals surface area contributed by atoms with Crippen molar-refractivity contribution in [2.45, 2.75) is 32.3 Å². The maximum absolute atomic E-state index is 13.8. The Morgan fingerprint density at radius 1 is 1.47 bits per heavy atom. The van der Waals surface area contributed by atoms with Gasteiger partial charge in [0.2, 0.25) is 0 Å². The van der Waals surface area contributed by atoms with Crippen LogP contribution in [-0.2, 0) is 5.41 Å². The normalized spacial score (nSPS) is 14.8. The van der Waals surface area contributed by atoms with Gasteiger partial charge in [-0.25, -0.2) is 4.39 Å². The van der Waals surface area contributed by atoms with Gasteiger partial charge in [-0.15, -0.1) is 0 Å². The number of ether oxygens (including phenoxy) is 1. The van der Waals surface area contributed by atoms with Crippen LogP contribution < -0.4 is 10.5 Å². The summed E-state index contributed by atoms with van der Waals surface area (Å²) in [4.78, 5) is 0. The SMILES string of the molecule is CC(C)Oc1ccc(C(C)(CN)CO)cc1F. The molecule has 1 aromatic carbocycles. The van der Waals surface area contributed by atoms with Crippen molar-refractivity contribution < 1.29 is 14.2 Å². The fraction of sp³-hybridized carbons (Fsp3) is 0.538. The molecule has 96 valence electrons. The largest absolute Gasteiger partial charge is 0.488 e. The lowest BCUT2D eigenvalue weighted by Crippen LogP contribution is -2.35. The van der Waals surface area contributed by atoms with E-state index >= 15 is 0 Å². The Kier molecular flexibility index (Phi) is 4.48. The zero-order chi connectivity index (χ0) is 13.1. The summed E-state index contributed by atoms with van der Waals surface area (Å²) >= 11 is 0. The lowest BCUT2D eigenvalue weighted by Gasteiger charge is -2.26. The molecule has 3 N–H and O–H groups in total. The molecule has 0 heterocycles. The molecule has 1 rings (SSSR count). The molecule has 0 spiro atoms. The van der Waals surface area contributed by atoms with Crippen molar-refractivity contribution in [1.29, 1.82) is 0 Å². The van der Waals surface area contributed by atoms with Gasteiger partial charge in [-0.3, -0.25) is 0 Å². The lowest BCUT2D eigenvalue weighted by molar-refractivity contribution is 0.208. The molecule has 1 unspecified atom stereocenters. The Hall–Kier alpha value is -1.13. The third-order valence-corrected chi connectivity index (χ3v) is 2.79. The molecular weight excluding hydrogens is 221 g/mol.